The molecule has 3 aromatic rings. The molecule has 25 heavy (non-hydrogen) atoms. The highest BCUT2D eigenvalue weighted by atomic mass is 16.6. The molecule has 2 heterocycles. The minimum Gasteiger partial charge on any atom is -0.447 e. The van der Waals surface area contributed by atoms with Crippen LogP contribution in [0.5, 0.6) is 0 Å². The van der Waals surface area contributed by atoms with Crippen LogP contribution in [0.3, 0.4) is 0 Å². The number of benzene rings is 2. The van der Waals surface area contributed by atoms with Crippen molar-refractivity contribution in [3.8, 4) is 0 Å². The van der Waals surface area contributed by atoms with Gasteiger partial charge >= 0.3 is 6.09 Å². The Hall–Kier alpha value is -2.75. The fourth-order valence-corrected chi connectivity index (χ4v) is 3.71. The summed E-state index contributed by atoms with van der Waals surface area (Å²) in [6.45, 7) is 4.60. The van der Waals surface area contributed by atoms with Crippen LogP contribution in [0.4, 0.5) is 4.79 Å². The lowest BCUT2D eigenvalue weighted by Gasteiger charge is -2.28. The summed E-state index contributed by atoms with van der Waals surface area (Å²) in [4.78, 5) is 17.6. The highest BCUT2D eigenvalue weighted by molar-refractivity contribution is 5.84. The number of fused-ring (bicyclic) bond motifs is 1. The van der Waals surface area contributed by atoms with E-state index in [4.69, 9.17) is 4.74 Å². The number of ether oxygens (including phenoxy) is 1. The molecule has 4 heteroatoms. The molecule has 128 valence electrons. The third-order valence-electron chi connectivity index (χ3n) is 5.08. The number of nitrogens with one attached hydrogen (secondary N) is 1. The predicted molar refractivity (Wildman–Crippen MR) is 98.6 cm³/mol. The van der Waals surface area contributed by atoms with Crippen LogP contribution in [-0.2, 0) is 11.2 Å². The van der Waals surface area contributed by atoms with Crippen molar-refractivity contribution in [1.29, 1.82) is 0 Å². The number of cyclic esters (lactones) is 1. The average molecular weight is 334 g/mol. The maximum Gasteiger partial charge on any atom is 0.410 e. The van der Waals surface area contributed by atoms with Crippen molar-refractivity contribution >= 4 is 17.0 Å². The van der Waals surface area contributed by atoms with Crippen molar-refractivity contribution in [1.82, 2.24) is 9.88 Å². The average Bonchev–Trinajstić information content (AvgIpc) is 3.19. The molecule has 0 radical (unpaired) electrons. The lowest BCUT2D eigenvalue weighted by atomic mass is 10.0. The standard InChI is InChI=1S/C21H22N2O2/c1-14-8-9-20-19(10-14)17(12-22-20)11-18-13-25-21(24)23(18)15(2)16-6-4-3-5-7-16/h3-10,12,15,18,22H,11,13H2,1-2H3/t15-,18-/m0/s1. The number of carbonyl (C=O) groups excluding carboxylic acids is 1. The SMILES string of the molecule is Cc1ccc2[nH]cc(C[C@H]3COC(=O)N3[C@@H](C)c3ccccc3)c2c1. The Bertz CT molecular complexity index is 901. The normalized spacial score (nSPS) is 18.6. The van der Waals surface area contributed by atoms with Gasteiger partial charge < -0.3 is 9.72 Å². The zero-order valence-corrected chi connectivity index (χ0v) is 14.5. The zero-order chi connectivity index (χ0) is 17.4. The zero-order valence-electron chi connectivity index (χ0n) is 14.5. The van der Waals surface area contributed by atoms with E-state index in [1.807, 2.05) is 23.1 Å². The van der Waals surface area contributed by atoms with Gasteiger partial charge in [-0.05, 0) is 43.5 Å². The summed E-state index contributed by atoms with van der Waals surface area (Å²) in [5, 5.41) is 1.23. The van der Waals surface area contributed by atoms with E-state index in [9.17, 15) is 4.79 Å². The second kappa shape index (κ2) is 6.28. The molecule has 1 saturated heterocycles. The molecule has 0 unspecified atom stereocenters. The molecule has 1 aliphatic rings. The molecule has 2 aromatic carbocycles. The maximum absolute atomic E-state index is 12.3. The van der Waals surface area contributed by atoms with Gasteiger partial charge in [-0.2, -0.15) is 0 Å². The number of nitrogens with zero attached hydrogens (tertiary/aromatic N) is 1. The lowest BCUT2D eigenvalue weighted by Crippen LogP contribution is -2.37. The second-order valence-corrected chi connectivity index (χ2v) is 6.79. The second-order valence-electron chi connectivity index (χ2n) is 6.79. The number of amides is 1. The smallest absolute Gasteiger partial charge is 0.410 e. The van der Waals surface area contributed by atoms with Crippen molar-refractivity contribution in [3.05, 3.63) is 71.4 Å². The van der Waals surface area contributed by atoms with Gasteiger partial charge in [0.2, 0.25) is 0 Å². The van der Waals surface area contributed by atoms with Crippen molar-refractivity contribution in [2.45, 2.75) is 32.4 Å². The van der Waals surface area contributed by atoms with Gasteiger partial charge in [0.25, 0.3) is 0 Å². The number of aromatic nitrogens is 1. The highest BCUT2D eigenvalue weighted by Crippen LogP contribution is 2.30. The number of rotatable bonds is 4. The number of carbonyl (C=O) groups is 1. The van der Waals surface area contributed by atoms with Crippen LogP contribution in [0.15, 0.2) is 54.7 Å². The number of aryl methyl sites for hydroxylation is 1. The quantitative estimate of drug-likeness (QED) is 0.758. The maximum atomic E-state index is 12.3. The van der Waals surface area contributed by atoms with Gasteiger partial charge in [0.05, 0.1) is 12.1 Å². The molecular weight excluding hydrogens is 312 g/mol. The first-order valence-corrected chi connectivity index (χ1v) is 8.70. The van der Waals surface area contributed by atoms with Crippen LogP contribution in [-0.4, -0.2) is 28.6 Å². The van der Waals surface area contributed by atoms with Crippen LogP contribution < -0.4 is 0 Å². The molecule has 4 nitrogen and oxygen atoms in total. The van der Waals surface area contributed by atoms with Crippen molar-refractivity contribution in [2.75, 3.05) is 6.61 Å². The molecule has 2 atom stereocenters. The monoisotopic (exact) mass is 334 g/mol. The summed E-state index contributed by atoms with van der Waals surface area (Å²) in [5.41, 5.74) is 4.73. The molecule has 1 aliphatic heterocycles. The lowest BCUT2D eigenvalue weighted by molar-refractivity contribution is 0.147. The van der Waals surface area contributed by atoms with E-state index in [2.05, 4.69) is 55.4 Å². The third-order valence-corrected chi connectivity index (χ3v) is 5.08. The highest BCUT2D eigenvalue weighted by Gasteiger charge is 2.37. The molecule has 0 spiro atoms. The number of aromatic amines is 1. The number of hydrogen-bond donors (Lipinski definition) is 1. The minimum atomic E-state index is -0.225. The topological polar surface area (TPSA) is 45.3 Å². The van der Waals surface area contributed by atoms with E-state index in [1.54, 1.807) is 0 Å². The van der Waals surface area contributed by atoms with Gasteiger partial charge in [0, 0.05) is 17.1 Å². The Morgan fingerprint density at radius 2 is 2.04 bits per heavy atom. The Kier molecular flexibility index (Phi) is 3.96. The molecule has 1 fully saturated rings. The number of H-pyrrole nitrogens is 1. The van der Waals surface area contributed by atoms with E-state index < -0.39 is 0 Å². The molecular formula is C21H22N2O2. The van der Waals surface area contributed by atoms with Crippen LogP contribution in [0.25, 0.3) is 10.9 Å². The van der Waals surface area contributed by atoms with Gasteiger partial charge in [0.1, 0.15) is 6.61 Å². The van der Waals surface area contributed by atoms with Gasteiger partial charge in [-0.25, -0.2) is 4.79 Å². The molecule has 0 saturated carbocycles. The van der Waals surface area contributed by atoms with Crippen molar-refractivity contribution in [2.24, 2.45) is 0 Å². The van der Waals surface area contributed by atoms with Gasteiger partial charge in [-0.1, -0.05) is 42.0 Å². The molecule has 1 N–H and O–H groups in total. The Balaban J connectivity index is 1.62. The molecule has 0 aliphatic carbocycles. The summed E-state index contributed by atoms with van der Waals surface area (Å²) in [6, 6.07) is 16.6. The minimum absolute atomic E-state index is 0.00635. The predicted octanol–water partition coefficient (Wildman–Crippen LogP) is 4.60. The summed E-state index contributed by atoms with van der Waals surface area (Å²) in [5.74, 6) is 0. The van der Waals surface area contributed by atoms with E-state index >= 15 is 0 Å². The van der Waals surface area contributed by atoms with Gasteiger partial charge in [-0.3, -0.25) is 4.90 Å². The summed E-state index contributed by atoms with van der Waals surface area (Å²) >= 11 is 0. The third kappa shape index (κ3) is 2.88. The van der Waals surface area contributed by atoms with Crippen molar-refractivity contribution in [3.63, 3.8) is 0 Å². The Labute approximate surface area is 147 Å². The van der Waals surface area contributed by atoms with Gasteiger partial charge in [-0.15, -0.1) is 0 Å². The van der Waals surface area contributed by atoms with Crippen LogP contribution in [0.2, 0.25) is 0 Å². The molecule has 1 amide bonds. The van der Waals surface area contributed by atoms with E-state index in [-0.39, 0.29) is 18.2 Å². The summed E-state index contributed by atoms with van der Waals surface area (Å²) in [6.07, 6.45) is 2.61. The largest absolute Gasteiger partial charge is 0.447 e. The first-order chi connectivity index (χ1) is 12.1. The van der Waals surface area contributed by atoms with Crippen LogP contribution in [0, 0.1) is 6.92 Å². The Morgan fingerprint density at radius 1 is 1.24 bits per heavy atom. The summed E-state index contributed by atoms with van der Waals surface area (Å²) in [7, 11) is 0. The number of hydrogen-bond acceptors (Lipinski definition) is 2. The van der Waals surface area contributed by atoms with Crippen molar-refractivity contribution < 1.29 is 9.53 Å². The van der Waals surface area contributed by atoms with E-state index in [0.717, 1.165) is 17.5 Å². The first kappa shape index (κ1) is 15.8. The van der Waals surface area contributed by atoms with Crippen LogP contribution in [0.1, 0.15) is 29.7 Å². The fraction of sp³-hybridized carbons (Fsp3) is 0.286. The van der Waals surface area contributed by atoms with E-state index in [0.29, 0.717) is 6.61 Å². The fourth-order valence-electron chi connectivity index (χ4n) is 3.71. The van der Waals surface area contributed by atoms with E-state index in [1.165, 1.54) is 16.5 Å². The molecule has 1 aromatic heterocycles. The molecule has 0 bridgehead atoms. The summed E-state index contributed by atoms with van der Waals surface area (Å²) < 4.78 is 5.38. The van der Waals surface area contributed by atoms with Gasteiger partial charge in [0.15, 0.2) is 0 Å². The Morgan fingerprint density at radius 3 is 2.84 bits per heavy atom. The van der Waals surface area contributed by atoms with Crippen LogP contribution >= 0.6 is 0 Å². The molecule has 4 rings (SSSR count). The first-order valence-electron chi connectivity index (χ1n) is 8.70.